The smallest absolute Gasteiger partial charge is 0.121 e. The highest BCUT2D eigenvalue weighted by molar-refractivity contribution is 7.99. The van der Waals surface area contributed by atoms with Gasteiger partial charge in [0.15, 0.2) is 0 Å². The number of nitrogen functional groups attached to an aromatic ring is 1. The maximum atomic E-state index is 9.32. The van der Waals surface area contributed by atoms with Gasteiger partial charge in [-0.25, -0.2) is 0 Å². The van der Waals surface area contributed by atoms with Crippen LogP contribution in [0.1, 0.15) is 5.56 Å². The fraction of sp³-hybridized carbons (Fsp3) is 0.0526. The SMILES string of the molecule is Nc1cc(OCc2ccccc2)ccc1Sc1ccc(O)cc1. The average molecular weight is 323 g/mol. The van der Waals surface area contributed by atoms with Gasteiger partial charge in [0.05, 0.1) is 0 Å². The lowest BCUT2D eigenvalue weighted by Gasteiger charge is -2.10. The van der Waals surface area contributed by atoms with Crippen molar-refractivity contribution in [3.63, 3.8) is 0 Å². The summed E-state index contributed by atoms with van der Waals surface area (Å²) in [6.07, 6.45) is 0. The first-order chi connectivity index (χ1) is 11.2. The van der Waals surface area contributed by atoms with E-state index in [9.17, 15) is 5.11 Å². The first kappa shape index (κ1) is 15.3. The molecule has 0 saturated carbocycles. The van der Waals surface area contributed by atoms with Crippen molar-refractivity contribution in [2.24, 2.45) is 0 Å². The molecule has 0 aliphatic carbocycles. The summed E-state index contributed by atoms with van der Waals surface area (Å²) < 4.78 is 5.77. The molecule has 0 heterocycles. The Morgan fingerprint density at radius 3 is 2.35 bits per heavy atom. The molecule has 3 N–H and O–H groups in total. The normalized spacial score (nSPS) is 10.4. The largest absolute Gasteiger partial charge is 0.508 e. The molecular weight excluding hydrogens is 306 g/mol. The van der Waals surface area contributed by atoms with E-state index in [1.807, 2.05) is 60.7 Å². The van der Waals surface area contributed by atoms with Crippen molar-refractivity contribution >= 4 is 17.4 Å². The molecule has 116 valence electrons. The predicted octanol–water partition coefficient (Wildman–Crippen LogP) is 4.70. The summed E-state index contributed by atoms with van der Waals surface area (Å²) in [5.41, 5.74) is 7.91. The van der Waals surface area contributed by atoms with Crippen LogP contribution in [0.4, 0.5) is 5.69 Å². The van der Waals surface area contributed by atoms with Crippen molar-refractivity contribution in [3.8, 4) is 11.5 Å². The summed E-state index contributed by atoms with van der Waals surface area (Å²) >= 11 is 1.55. The molecule has 0 amide bonds. The predicted molar refractivity (Wildman–Crippen MR) is 93.9 cm³/mol. The van der Waals surface area contributed by atoms with Crippen LogP contribution in [-0.4, -0.2) is 5.11 Å². The Balaban J connectivity index is 1.67. The van der Waals surface area contributed by atoms with E-state index in [-0.39, 0.29) is 5.75 Å². The molecule has 0 radical (unpaired) electrons. The van der Waals surface area contributed by atoms with Crippen LogP contribution >= 0.6 is 11.8 Å². The number of hydrogen-bond donors (Lipinski definition) is 2. The highest BCUT2D eigenvalue weighted by Gasteiger charge is 2.05. The number of phenols is 1. The molecule has 0 spiro atoms. The summed E-state index contributed by atoms with van der Waals surface area (Å²) in [6.45, 7) is 0.519. The first-order valence-corrected chi connectivity index (χ1v) is 8.05. The molecule has 3 rings (SSSR count). The number of hydrogen-bond acceptors (Lipinski definition) is 4. The van der Waals surface area contributed by atoms with Gasteiger partial charge < -0.3 is 15.6 Å². The van der Waals surface area contributed by atoms with Crippen molar-refractivity contribution in [2.75, 3.05) is 5.73 Å². The van der Waals surface area contributed by atoms with E-state index in [4.69, 9.17) is 10.5 Å². The van der Waals surface area contributed by atoms with Gasteiger partial charge in [-0.1, -0.05) is 42.1 Å². The Morgan fingerprint density at radius 1 is 0.913 bits per heavy atom. The fourth-order valence-corrected chi connectivity index (χ4v) is 2.93. The standard InChI is InChI=1S/C19H17NO2S/c20-18-12-16(22-13-14-4-2-1-3-5-14)8-11-19(18)23-17-9-6-15(21)7-10-17/h1-12,21H,13,20H2. The molecule has 0 bridgehead atoms. The first-order valence-electron chi connectivity index (χ1n) is 7.24. The fourth-order valence-electron chi connectivity index (χ4n) is 2.09. The topological polar surface area (TPSA) is 55.5 Å². The Bertz CT molecular complexity index is 773. The molecule has 0 aliphatic heterocycles. The van der Waals surface area contributed by atoms with Crippen molar-refractivity contribution in [2.45, 2.75) is 16.4 Å². The number of aromatic hydroxyl groups is 1. The van der Waals surface area contributed by atoms with E-state index in [1.54, 1.807) is 23.9 Å². The van der Waals surface area contributed by atoms with Crippen LogP contribution in [0.25, 0.3) is 0 Å². The Hall–Kier alpha value is -2.59. The Kier molecular flexibility index (Phi) is 4.74. The van der Waals surface area contributed by atoms with Gasteiger partial charge in [0.2, 0.25) is 0 Å². The summed E-state index contributed by atoms with van der Waals surface area (Å²) in [4.78, 5) is 1.98. The third-order valence-electron chi connectivity index (χ3n) is 3.29. The van der Waals surface area contributed by atoms with Crippen molar-refractivity contribution in [3.05, 3.63) is 78.4 Å². The molecule has 3 aromatic carbocycles. The maximum absolute atomic E-state index is 9.32. The van der Waals surface area contributed by atoms with E-state index in [0.29, 0.717) is 12.3 Å². The molecule has 3 nitrogen and oxygen atoms in total. The number of rotatable bonds is 5. The lowest BCUT2D eigenvalue weighted by atomic mass is 10.2. The highest BCUT2D eigenvalue weighted by Crippen LogP contribution is 2.34. The number of nitrogens with two attached hydrogens (primary N) is 1. The molecule has 4 heteroatoms. The molecule has 3 aromatic rings. The van der Waals surface area contributed by atoms with Gasteiger partial charge in [-0.05, 0) is 42.0 Å². The Labute approximate surface area is 139 Å². The van der Waals surface area contributed by atoms with Crippen LogP contribution in [-0.2, 0) is 6.61 Å². The van der Waals surface area contributed by atoms with Gasteiger partial charge in [0.1, 0.15) is 18.1 Å². The number of phenolic OH excluding ortho intramolecular Hbond substituents is 1. The molecule has 0 fully saturated rings. The molecule has 0 atom stereocenters. The van der Waals surface area contributed by atoms with Gasteiger partial charge >= 0.3 is 0 Å². The van der Waals surface area contributed by atoms with E-state index >= 15 is 0 Å². The molecule has 0 unspecified atom stereocenters. The van der Waals surface area contributed by atoms with E-state index in [1.165, 1.54) is 0 Å². The van der Waals surface area contributed by atoms with Crippen molar-refractivity contribution < 1.29 is 9.84 Å². The number of ether oxygens (including phenoxy) is 1. The zero-order chi connectivity index (χ0) is 16.1. The number of anilines is 1. The van der Waals surface area contributed by atoms with Crippen LogP contribution in [0.5, 0.6) is 11.5 Å². The zero-order valence-corrected chi connectivity index (χ0v) is 13.3. The molecular formula is C19H17NO2S. The minimum atomic E-state index is 0.256. The monoisotopic (exact) mass is 323 g/mol. The summed E-state index contributed by atoms with van der Waals surface area (Å²) in [6, 6.07) is 22.8. The van der Waals surface area contributed by atoms with Crippen LogP contribution in [0, 0.1) is 0 Å². The minimum absolute atomic E-state index is 0.256. The third-order valence-corrected chi connectivity index (χ3v) is 4.39. The van der Waals surface area contributed by atoms with Crippen LogP contribution < -0.4 is 10.5 Å². The van der Waals surface area contributed by atoms with Gasteiger partial charge in [0, 0.05) is 21.5 Å². The third kappa shape index (κ3) is 4.20. The van der Waals surface area contributed by atoms with Crippen molar-refractivity contribution in [1.29, 1.82) is 0 Å². The van der Waals surface area contributed by atoms with Gasteiger partial charge in [0.25, 0.3) is 0 Å². The van der Waals surface area contributed by atoms with E-state index in [0.717, 1.165) is 21.1 Å². The minimum Gasteiger partial charge on any atom is -0.508 e. The quantitative estimate of drug-likeness (QED) is 0.668. The molecule has 23 heavy (non-hydrogen) atoms. The van der Waals surface area contributed by atoms with E-state index < -0.39 is 0 Å². The van der Waals surface area contributed by atoms with Crippen LogP contribution in [0.3, 0.4) is 0 Å². The van der Waals surface area contributed by atoms with Gasteiger partial charge in [-0.15, -0.1) is 0 Å². The lowest BCUT2D eigenvalue weighted by Crippen LogP contribution is -1.96. The average Bonchev–Trinajstić information content (AvgIpc) is 2.58. The van der Waals surface area contributed by atoms with E-state index in [2.05, 4.69) is 0 Å². The second-order valence-electron chi connectivity index (χ2n) is 5.07. The highest BCUT2D eigenvalue weighted by atomic mass is 32.2. The Morgan fingerprint density at radius 2 is 1.65 bits per heavy atom. The van der Waals surface area contributed by atoms with Gasteiger partial charge in [-0.2, -0.15) is 0 Å². The van der Waals surface area contributed by atoms with Crippen molar-refractivity contribution in [1.82, 2.24) is 0 Å². The summed E-state index contributed by atoms with van der Waals surface area (Å²) in [7, 11) is 0. The van der Waals surface area contributed by atoms with Crippen LogP contribution in [0.15, 0.2) is 82.6 Å². The molecule has 0 aromatic heterocycles. The zero-order valence-electron chi connectivity index (χ0n) is 12.5. The molecule has 0 aliphatic rings. The number of benzene rings is 3. The lowest BCUT2D eigenvalue weighted by molar-refractivity contribution is 0.306. The maximum Gasteiger partial charge on any atom is 0.121 e. The summed E-state index contributed by atoms with van der Waals surface area (Å²) in [5.74, 6) is 1.01. The summed E-state index contributed by atoms with van der Waals surface area (Å²) in [5, 5.41) is 9.32. The second-order valence-corrected chi connectivity index (χ2v) is 6.19. The second kappa shape index (κ2) is 7.11. The van der Waals surface area contributed by atoms with Gasteiger partial charge in [-0.3, -0.25) is 0 Å². The molecule has 0 saturated heterocycles. The van der Waals surface area contributed by atoms with Crippen LogP contribution in [0.2, 0.25) is 0 Å².